The standard InChI is InChI=1S/C15H23N3O3S/c1-3-22-17-7-5-11(6-8-17)13-12(15(19)20)14-18(16-13)9-4-10(2)21-14/h10-11H,3-9H2,1-2H3,(H,19,20)/t10-/m1/s1. The van der Waals surface area contributed by atoms with Crippen molar-refractivity contribution in [2.45, 2.75) is 51.7 Å². The number of aromatic carboxylic acids is 1. The maximum atomic E-state index is 11.7. The van der Waals surface area contributed by atoms with E-state index in [4.69, 9.17) is 4.74 Å². The summed E-state index contributed by atoms with van der Waals surface area (Å²) in [4.78, 5) is 11.7. The van der Waals surface area contributed by atoms with Gasteiger partial charge in [-0.25, -0.2) is 9.48 Å². The molecule has 1 saturated heterocycles. The largest absolute Gasteiger partial charge is 0.477 e. The van der Waals surface area contributed by atoms with Crippen LogP contribution in [0.25, 0.3) is 0 Å². The van der Waals surface area contributed by atoms with Crippen LogP contribution in [0.5, 0.6) is 5.88 Å². The molecular formula is C15H23N3O3S. The Kier molecular flexibility index (Phi) is 4.63. The highest BCUT2D eigenvalue weighted by molar-refractivity contribution is 7.96. The van der Waals surface area contributed by atoms with Crippen molar-refractivity contribution in [2.75, 3.05) is 18.8 Å². The maximum Gasteiger partial charge on any atom is 0.343 e. The molecule has 0 aliphatic carbocycles. The van der Waals surface area contributed by atoms with Gasteiger partial charge in [0.05, 0.1) is 11.8 Å². The highest BCUT2D eigenvalue weighted by Gasteiger charge is 2.34. The molecule has 2 aliphatic rings. The van der Waals surface area contributed by atoms with Crippen molar-refractivity contribution in [3.8, 4) is 5.88 Å². The van der Waals surface area contributed by atoms with E-state index in [2.05, 4.69) is 16.3 Å². The first-order valence-electron chi connectivity index (χ1n) is 7.98. The van der Waals surface area contributed by atoms with Crippen LogP contribution in [0.2, 0.25) is 0 Å². The van der Waals surface area contributed by atoms with Crippen LogP contribution in [-0.4, -0.2) is 50.1 Å². The van der Waals surface area contributed by atoms with E-state index in [0.29, 0.717) is 5.88 Å². The summed E-state index contributed by atoms with van der Waals surface area (Å²) in [5.41, 5.74) is 1.01. The smallest absolute Gasteiger partial charge is 0.343 e. The van der Waals surface area contributed by atoms with E-state index in [9.17, 15) is 9.90 Å². The normalized spacial score (nSPS) is 23.1. The van der Waals surface area contributed by atoms with Crippen LogP contribution in [-0.2, 0) is 6.54 Å². The molecular weight excluding hydrogens is 302 g/mol. The summed E-state index contributed by atoms with van der Waals surface area (Å²) < 4.78 is 9.87. The molecule has 0 amide bonds. The van der Waals surface area contributed by atoms with E-state index < -0.39 is 5.97 Å². The molecule has 7 heteroatoms. The number of fused-ring (bicyclic) bond motifs is 1. The third kappa shape index (κ3) is 2.96. The van der Waals surface area contributed by atoms with Gasteiger partial charge in [0, 0.05) is 37.7 Å². The SMILES string of the molecule is CCSN1CCC(c2nn3c(c2C(=O)O)O[C@H](C)CC3)CC1. The second-order valence-electron chi connectivity index (χ2n) is 5.93. The molecule has 1 aromatic rings. The van der Waals surface area contributed by atoms with Gasteiger partial charge in [0.15, 0.2) is 0 Å². The van der Waals surface area contributed by atoms with Crippen LogP contribution in [0, 0.1) is 0 Å². The molecule has 6 nitrogen and oxygen atoms in total. The molecule has 0 saturated carbocycles. The predicted octanol–water partition coefficient (Wildman–Crippen LogP) is 2.60. The van der Waals surface area contributed by atoms with Gasteiger partial charge in [-0.15, -0.1) is 0 Å². The monoisotopic (exact) mass is 325 g/mol. The van der Waals surface area contributed by atoms with Crippen molar-refractivity contribution < 1.29 is 14.6 Å². The number of piperidine rings is 1. The van der Waals surface area contributed by atoms with Crippen LogP contribution in [0.3, 0.4) is 0 Å². The lowest BCUT2D eigenvalue weighted by Crippen LogP contribution is -2.28. The average molecular weight is 325 g/mol. The second-order valence-corrected chi connectivity index (χ2v) is 7.28. The molecule has 1 fully saturated rings. The van der Waals surface area contributed by atoms with Gasteiger partial charge in [-0.3, -0.25) is 4.31 Å². The number of nitrogens with zero attached hydrogens (tertiary/aromatic N) is 3. The lowest BCUT2D eigenvalue weighted by molar-refractivity contribution is 0.0681. The Labute approximate surface area is 134 Å². The third-order valence-corrected chi connectivity index (χ3v) is 5.35. The molecule has 122 valence electrons. The second kappa shape index (κ2) is 6.50. The number of carboxylic acid groups (broad SMARTS) is 1. The van der Waals surface area contributed by atoms with E-state index in [-0.39, 0.29) is 17.6 Å². The minimum Gasteiger partial charge on any atom is -0.477 e. The Balaban J connectivity index is 1.84. The molecule has 3 heterocycles. The van der Waals surface area contributed by atoms with Crippen LogP contribution < -0.4 is 4.74 Å². The van der Waals surface area contributed by atoms with Gasteiger partial charge in [0.25, 0.3) is 0 Å². The molecule has 22 heavy (non-hydrogen) atoms. The van der Waals surface area contributed by atoms with Crippen molar-refractivity contribution in [1.29, 1.82) is 0 Å². The number of hydrogen-bond donors (Lipinski definition) is 1. The number of aromatic nitrogens is 2. The van der Waals surface area contributed by atoms with Gasteiger partial charge >= 0.3 is 5.97 Å². The number of rotatable bonds is 4. The highest BCUT2D eigenvalue weighted by Crippen LogP contribution is 2.37. The van der Waals surface area contributed by atoms with Crippen LogP contribution >= 0.6 is 11.9 Å². The zero-order valence-corrected chi connectivity index (χ0v) is 13.9. The molecule has 1 N–H and O–H groups in total. The predicted molar refractivity (Wildman–Crippen MR) is 85.6 cm³/mol. The lowest BCUT2D eigenvalue weighted by Gasteiger charge is -2.30. The first-order valence-corrected chi connectivity index (χ1v) is 8.93. The van der Waals surface area contributed by atoms with Crippen LogP contribution in [0.15, 0.2) is 0 Å². The van der Waals surface area contributed by atoms with Gasteiger partial charge in [0.1, 0.15) is 5.56 Å². The molecule has 0 radical (unpaired) electrons. The van der Waals surface area contributed by atoms with Gasteiger partial charge in [0.2, 0.25) is 5.88 Å². The summed E-state index contributed by atoms with van der Waals surface area (Å²) >= 11 is 1.85. The number of ether oxygens (including phenoxy) is 1. The number of hydrogen-bond acceptors (Lipinski definition) is 5. The molecule has 0 bridgehead atoms. The van der Waals surface area contributed by atoms with E-state index in [0.717, 1.165) is 50.3 Å². The highest BCUT2D eigenvalue weighted by atomic mass is 32.2. The quantitative estimate of drug-likeness (QED) is 0.858. The Hall–Kier alpha value is -1.21. The molecule has 0 aromatic carbocycles. The van der Waals surface area contributed by atoms with Crippen molar-refractivity contribution >= 4 is 17.9 Å². The first kappa shape index (κ1) is 15.7. The summed E-state index contributed by atoms with van der Waals surface area (Å²) in [6, 6.07) is 0. The number of carbonyl (C=O) groups is 1. The molecule has 1 aromatic heterocycles. The molecule has 1 atom stereocenters. The summed E-state index contributed by atoms with van der Waals surface area (Å²) in [6.45, 7) is 6.84. The Morgan fingerprint density at radius 2 is 2.09 bits per heavy atom. The fourth-order valence-electron chi connectivity index (χ4n) is 3.22. The minimum atomic E-state index is -0.921. The van der Waals surface area contributed by atoms with Crippen molar-refractivity contribution in [3.63, 3.8) is 0 Å². The minimum absolute atomic E-state index is 0.0537. The van der Waals surface area contributed by atoms with Gasteiger partial charge in [-0.05, 0) is 19.8 Å². The van der Waals surface area contributed by atoms with Crippen molar-refractivity contribution in [1.82, 2.24) is 14.1 Å². The molecule has 3 rings (SSSR count). The van der Waals surface area contributed by atoms with Gasteiger partial charge < -0.3 is 9.84 Å². The van der Waals surface area contributed by atoms with E-state index in [1.807, 2.05) is 18.9 Å². The summed E-state index contributed by atoms with van der Waals surface area (Å²) in [7, 11) is 0. The topological polar surface area (TPSA) is 67.6 Å². The van der Waals surface area contributed by atoms with E-state index in [1.165, 1.54) is 0 Å². The zero-order valence-electron chi connectivity index (χ0n) is 13.1. The summed E-state index contributed by atoms with van der Waals surface area (Å²) in [6.07, 6.45) is 2.84. The van der Waals surface area contributed by atoms with Gasteiger partial charge in [-0.1, -0.05) is 18.9 Å². The summed E-state index contributed by atoms with van der Waals surface area (Å²) in [5.74, 6) is 0.828. The van der Waals surface area contributed by atoms with Crippen LogP contribution in [0.1, 0.15) is 55.1 Å². The van der Waals surface area contributed by atoms with Crippen molar-refractivity contribution in [3.05, 3.63) is 11.3 Å². The zero-order chi connectivity index (χ0) is 15.7. The Bertz CT molecular complexity index is 552. The number of aryl methyl sites for hydroxylation is 1. The third-order valence-electron chi connectivity index (χ3n) is 4.36. The maximum absolute atomic E-state index is 11.7. The molecule has 0 spiro atoms. The van der Waals surface area contributed by atoms with Crippen molar-refractivity contribution in [2.24, 2.45) is 0 Å². The molecule has 0 unspecified atom stereocenters. The van der Waals surface area contributed by atoms with Crippen LogP contribution in [0.4, 0.5) is 0 Å². The van der Waals surface area contributed by atoms with Gasteiger partial charge in [-0.2, -0.15) is 5.10 Å². The Morgan fingerprint density at radius 1 is 1.36 bits per heavy atom. The fourth-order valence-corrected chi connectivity index (χ4v) is 4.05. The average Bonchev–Trinajstić information content (AvgIpc) is 2.87. The fraction of sp³-hybridized carbons (Fsp3) is 0.733. The number of carboxylic acids is 1. The molecule has 2 aliphatic heterocycles. The first-order chi connectivity index (χ1) is 10.6. The summed E-state index contributed by atoms with van der Waals surface area (Å²) in [5, 5.41) is 14.2. The Morgan fingerprint density at radius 3 is 2.73 bits per heavy atom. The lowest BCUT2D eigenvalue weighted by atomic mass is 9.92. The van der Waals surface area contributed by atoms with E-state index in [1.54, 1.807) is 4.68 Å². The van der Waals surface area contributed by atoms with E-state index >= 15 is 0 Å².